The van der Waals surface area contributed by atoms with Gasteiger partial charge in [-0.2, -0.15) is 0 Å². The zero-order chi connectivity index (χ0) is 14.0. The van der Waals surface area contributed by atoms with Gasteiger partial charge in [-0.05, 0) is 19.8 Å². The first-order valence-electron chi connectivity index (χ1n) is 6.04. The number of nitro groups is 1. The SMILES string of the molecule is CC1OCCC1(Cc1ccccc1[N+](=O)[O-])C(=O)O. The van der Waals surface area contributed by atoms with E-state index in [0.717, 1.165) is 0 Å². The predicted octanol–water partition coefficient (Wildman–Crippen LogP) is 2.02. The molecule has 2 unspecified atom stereocenters. The first-order chi connectivity index (χ1) is 8.97. The van der Waals surface area contributed by atoms with Crippen LogP contribution in [0.5, 0.6) is 0 Å². The van der Waals surface area contributed by atoms with Crippen molar-refractivity contribution in [1.29, 1.82) is 0 Å². The van der Waals surface area contributed by atoms with Crippen LogP contribution >= 0.6 is 0 Å². The molecular formula is C13H15NO5. The molecule has 1 aliphatic heterocycles. The van der Waals surface area contributed by atoms with Gasteiger partial charge in [-0.1, -0.05) is 18.2 Å². The van der Waals surface area contributed by atoms with Crippen LogP contribution in [0.15, 0.2) is 24.3 Å². The molecule has 0 spiro atoms. The van der Waals surface area contributed by atoms with Gasteiger partial charge in [0.25, 0.3) is 5.69 Å². The second-order valence-corrected chi connectivity index (χ2v) is 4.79. The third kappa shape index (κ3) is 2.31. The van der Waals surface area contributed by atoms with E-state index in [0.29, 0.717) is 18.6 Å². The summed E-state index contributed by atoms with van der Waals surface area (Å²) in [5, 5.41) is 20.5. The van der Waals surface area contributed by atoms with Crippen molar-refractivity contribution in [2.75, 3.05) is 6.61 Å². The van der Waals surface area contributed by atoms with Gasteiger partial charge in [0.1, 0.15) is 5.41 Å². The van der Waals surface area contributed by atoms with E-state index in [1.54, 1.807) is 25.1 Å². The van der Waals surface area contributed by atoms with Gasteiger partial charge in [-0.15, -0.1) is 0 Å². The summed E-state index contributed by atoms with van der Waals surface area (Å²) in [6.07, 6.45) is 0.0285. The topological polar surface area (TPSA) is 89.7 Å². The third-order valence-electron chi connectivity index (χ3n) is 3.81. The average molecular weight is 265 g/mol. The fourth-order valence-electron chi connectivity index (χ4n) is 2.55. The molecule has 1 saturated heterocycles. The molecule has 6 nitrogen and oxygen atoms in total. The Morgan fingerprint density at radius 1 is 1.58 bits per heavy atom. The van der Waals surface area contributed by atoms with Crippen LogP contribution in [0.4, 0.5) is 5.69 Å². The molecule has 1 fully saturated rings. The normalized spacial score (nSPS) is 26.3. The molecule has 2 atom stereocenters. The summed E-state index contributed by atoms with van der Waals surface area (Å²) in [5.74, 6) is -0.962. The lowest BCUT2D eigenvalue weighted by Gasteiger charge is -2.27. The van der Waals surface area contributed by atoms with E-state index < -0.39 is 22.4 Å². The molecule has 1 aromatic rings. The zero-order valence-electron chi connectivity index (χ0n) is 10.5. The molecule has 0 saturated carbocycles. The number of para-hydroxylation sites is 1. The van der Waals surface area contributed by atoms with Crippen molar-refractivity contribution in [3.8, 4) is 0 Å². The largest absolute Gasteiger partial charge is 0.481 e. The number of aliphatic carboxylic acids is 1. The second-order valence-electron chi connectivity index (χ2n) is 4.79. The van der Waals surface area contributed by atoms with Crippen molar-refractivity contribution in [2.45, 2.75) is 25.9 Å². The van der Waals surface area contributed by atoms with Crippen LogP contribution in [0.1, 0.15) is 18.9 Å². The molecule has 0 aromatic heterocycles. The van der Waals surface area contributed by atoms with E-state index in [-0.39, 0.29) is 12.1 Å². The molecule has 19 heavy (non-hydrogen) atoms. The molecule has 1 N–H and O–H groups in total. The van der Waals surface area contributed by atoms with Gasteiger partial charge in [-0.3, -0.25) is 14.9 Å². The van der Waals surface area contributed by atoms with Gasteiger partial charge in [0, 0.05) is 18.2 Å². The first kappa shape index (κ1) is 13.5. The van der Waals surface area contributed by atoms with Gasteiger partial charge in [-0.25, -0.2) is 0 Å². The molecular weight excluding hydrogens is 250 g/mol. The lowest BCUT2D eigenvalue weighted by molar-refractivity contribution is -0.385. The molecule has 0 radical (unpaired) electrons. The van der Waals surface area contributed by atoms with Crippen LogP contribution in [0.2, 0.25) is 0 Å². The van der Waals surface area contributed by atoms with Crippen molar-refractivity contribution >= 4 is 11.7 Å². The maximum absolute atomic E-state index is 11.6. The Morgan fingerprint density at radius 3 is 2.79 bits per heavy atom. The predicted molar refractivity (Wildman–Crippen MR) is 66.9 cm³/mol. The summed E-state index contributed by atoms with van der Waals surface area (Å²) in [4.78, 5) is 22.1. The van der Waals surface area contributed by atoms with E-state index in [1.807, 2.05) is 0 Å². The van der Waals surface area contributed by atoms with Crippen molar-refractivity contribution < 1.29 is 19.6 Å². The number of carbonyl (C=O) groups is 1. The van der Waals surface area contributed by atoms with Gasteiger partial charge >= 0.3 is 5.97 Å². The number of nitro benzene ring substituents is 1. The van der Waals surface area contributed by atoms with Crippen molar-refractivity contribution in [3.63, 3.8) is 0 Å². The Hall–Kier alpha value is -1.95. The number of rotatable bonds is 4. The number of benzene rings is 1. The van der Waals surface area contributed by atoms with E-state index in [9.17, 15) is 20.0 Å². The molecule has 1 aromatic carbocycles. The Balaban J connectivity index is 2.38. The Labute approximate surface area is 110 Å². The van der Waals surface area contributed by atoms with Gasteiger partial charge in [0.05, 0.1) is 11.0 Å². The summed E-state index contributed by atoms with van der Waals surface area (Å²) >= 11 is 0. The Morgan fingerprint density at radius 2 is 2.26 bits per heavy atom. The number of ether oxygens (including phenoxy) is 1. The fraction of sp³-hybridized carbons (Fsp3) is 0.462. The highest BCUT2D eigenvalue weighted by Crippen LogP contribution is 2.40. The zero-order valence-corrected chi connectivity index (χ0v) is 10.5. The minimum Gasteiger partial charge on any atom is -0.481 e. The van der Waals surface area contributed by atoms with Crippen molar-refractivity contribution in [1.82, 2.24) is 0 Å². The standard InChI is InChI=1S/C13H15NO5/c1-9-13(12(15)16,6-7-19-9)8-10-4-2-3-5-11(10)14(17)18/h2-5,9H,6-8H2,1H3,(H,15,16). The van der Waals surface area contributed by atoms with Crippen molar-refractivity contribution in [2.24, 2.45) is 5.41 Å². The molecule has 1 heterocycles. The minimum absolute atomic E-state index is 0.0396. The molecule has 6 heteroatoms. The van der Waals surface area contributed by atoms with Crippen LogP contribution in [0.25, 0.3) is 0 Å². The number of nitrogens with zero attached hydrogens (tertiary/aromatic N) is 1. The maximum atomic E-state index is 11.6. The Bertz CT molecular complexity index is 516. The number of carboxylic acids is 1. The summed E-state index contributed by atoms with van der Waals surface area (Å²) in [7, 11) is 0. The number of hydrogen-bond donors (Lipinski definition) is 1. The van der Waals surface area contributed by atoms with Crippen molar-refractivity contribution in [3.05, 3.63) is 39.9 Å². The molecule has 0 bridgehead atoms. The van der Waals surface area contributed by atoms with Crippen LogP contribution in [0, 0.1) is 15.5 Å². The lowest BCUT2D eigenvalue weighted by atomic mass is 9.76. The van der Waals surface area contributed by atoms with Gasteiger partial charge in [0.15, 0.2) is 0 Å². The monoisotopic (exact) mass is 265 g/mol. The smallest absolute Gasteiger partial charge is 0.312 e. The van der Waals surface area contributed by atoms with E-state index in [2.05, 4.69) is 0 Å². The fourth-order valence-corrected chi connectivity index (χ4v) is 2.55. The van der Waals surface area contributed by atoms with E-state index in [4.69, 9.17) is 4.74 Å². The molecule has 2 rings (SSSR count). The van der Waals surface area contributed by atoms with E-state index in [1.165, 1.54) is 6.07 Å². The molecule has 0 amide bonds. The average Bonchev–Trinajstić information content (AvgIpc) is 2.72. The van der Waals surface area contributed by atoms with Crippen LogP contribution < -0.4 is 0 Å². The van der Waals surface area contributed by atoms with Crippen LogP contribution in [-0.2, 0) is 16.0 Å². The lowest BCUT2D eigenvalue weighted by Crippen LogP contribution is -2.39. The highest BCUT2D eigenvalue weighted by molar-refractivity contribution is 5.76. The second kappa shape index (κ2) is 4.97. The van der Waals surface area contributed by atoms with Gasteiger partial charge in [0.2, 0.25) is 0 Å². The Kier molecular flexibility index (Phi) is 3.53. The van der Waals surface area contributed by atoms with Crippen LogP contribution in [-0.4, -0.2) is 28.7 Å². The highest BCUT2D eigenvalue weighted by Gasteiger charge is 2.49. The molecule has 0 aliphatic carbocycles. The van der Waals surface area contributed by atoms with Gasteiger partial charge < -0.3 is 9.84 Å². The molecule has 1 aliphatic rings. The van der Waals surface area contributed by atoms with E-state index >= 15 is 0 Å². The summed E-state index contributed by atoms with van der Waals surface area (Å²) in [6, 6.07) is 6.25. The first-order valence-corrected chi connectivity index (χ1v) is 6.04. The summed E-state index contributed by atoms with van der Waals surface area (Å²) in [5.41, 5.74) is -0.680. The third-order valence-corrected chi connectivity index (χ3v) is 3.81. The minimum atomic E-state index is -1.08. The summed E-state index contributed by atoms with van der Waals surface area (Å²) < 4.78 is 5.35. The quantitative estimate of drug-likeness (QED) is 0.664. The van der Waals surface area contributed by atoms with Crippen LogP contribution in [0.3, 0.4) is 0 Å². The maximum Gasteiger partial charge on any atom is 0.312 e. The molecule has 102 valence electrons. The highest BCUT2D eigenvalue weighted by atomic mass is 16.6. The number of carboxylic acid groups (broad SMARTS) is 1. The summed E-state index contributed by atoms with van der Waals surface area (Å²) in [6.45, 7) is 2.07. The number of hydrogen-bond acceptors (Lipinski definition) is 4.